The lowest BCUT2D eigenvalue weighted by molar-refractivity contribution is -0.137. The summed E-state index contributed by atoms with van der Waals surface area (Å²) in [5.74, 6) is 0. The number of halogens is 3. The Balaban J connectivity index is 2.00. The van der Waals surface area contributed by atoms with Crippen LogP contribution >= 0.6 is 0 Å². The van der Waals surface area contributed by atoms with Crippen LogP contribution in [-0.4, -0.2) is 15.0 Å². The fourth-order valence-corrected chi connectivity index (χ4v) is 4.92. The van der Waals surface area contributed by atoms with Gasteiger partial charge in [0.25, 0.3) is 0 Å². The topological polar surface area (TPSA) is 46.2 Å². The van der Waals surface area contributed by atoms with Crippen LogP contribution in [0.4, 0.5) is 13.2 Å². The van der Waals surface area contributed by atoms with Gasteiger partial charge >= 0.3 is 6.18 Å². The van der Waals surface area contributed by atoms with Gasteiger partial charge in [-0.2, -0.15) is 13.2 Å². The zero-order chi connectivity index (χ0) is 23.7. The Kier molecular flexibility index (Phi) is 14.9. The van der Waals surface area contributed by atoms with Crippen molar-refractivity contribution in [3.05, 3.63) is 29.8 Å². The van der Waals surface area contributed by atoms with Crippen LogP contribution in [0.1, 0.15) is 115 Å². The molecule has 0 heterocycles. The standard InChI is InChI=1S/C25H42F3NO2S/c1-2-3-4-5-6-7-8-9-10-11-12-13-14-15-16-17-21-29-32(30,31)24-20-18-19-23(22-24)25(26,27)28/h18-20,22,29H,2-17,21H2,1H3. The number of benzene rings is 1. The minimum Gasteiger partial charge on any atom is -0.211 e. The Morgan fingerprint density at radius 2 is 1.16 bits per heavy atom. The lowest BCUT2D eigenvalue weighted by atomic mass is 10.0. The molecule has 0 radical (unpaired) electrons. The van der Waals surface area contributed by atoms with E-state index in [-0.39, 0.29) is 11.4 Å². The molecule has 0 amide bonds. The third-order valence-corrected chi connectivity index (χ3v) is 7.25. The Morgan fingerprint density at radius 3 is 1.59 bits per heavy atom. The SMILES string of the molecule is CCCCCCCCCCCCCCCCCCNS(=O)(=O)c1cccc(C(F)(F)F)c1. The van der Waals surface area contributed by atoms with E-state index < -0.39 is 21.8 Å². The number of sulfonamides is 1. The number of nitrogens with one attached hydrogen (secondary N) is 1. The molecule has 0 fully saturated rings. The number of rotatable bonds is 19. The van der Waals surface area contributed by atoms with Gasteiger partial charge in [0.05, 0.1) is 10.5 Å². The summed E-state index contributed by atoms with van der Waals surface area (Å²) in [6.07, 6.45) is 15.3. The summed E-state index contributed by atoms with van der Waals surface area (Å²) in [5.41, 5.74) is -0.956. The van der Waals surface area contributed by atoms with E-state index in [1.807, 2.05) is 0 Å². The number of hydrogen-bond donors (Lipinski definition) is 1. The Hall–Kier alpha value is -1.08. The third kappa shape index (κ3) is 13.5. The molecule has 0 spiro atoms. The van der Waals surface area contributed by atoms with Gasteiger partial charge in [0, 0.05) is 6.54 Å². The molecule has 0 aromatic heterocycles. The first-order chi connectivity index (χ1) is 15.3. The molecule has 0 saturated carbocycles. The van der Waals surface area contributed by atoms with Crippen LogP contribution in [0.15, 0.2) is 29.2 Å². The van der Waals surface area contributed by atoms with Gasteiger partial charge in [-0.1, -0.05) is 109 Å². The van der Waals surface area contributed by atoms with E-state index in [9.17, 15) is 21.6 Å². The van der Waals surface area contributed by atoms with Gasteiger partial charge in [0.1, 0.15) is 0 Å². The van der Waals surface area contributed by atoms with Gasteiger partial charge in [-0.25, -0.2) is 13.1 Å². The van der Waals surface area contributed by atoms with E-state index in [0.717, 1.165) is 31.4 Å². The summed E-state index contributed by atoms with van der Waals surface area (Å²) >= 11 is 0. The monoisotopic (exact) mass is 477 g/mol. The van der Waals surface area contributed by atoms with Crippen molar-refractivity contribution in [2.75, 3.05) is 6.54 Å². The summed E-state index contributed by atoms with van der Waals surface area (Å²) in [6, 6.07) is 3.85. The molecule has 32 heavy (non-hydrogen) atoms. The maximum Gasteiger partial charge on any atom is 0.416 e. The molecule has 0 aliphatic rings. The van der Waals surface area contributed by atoms with E-state index in [2.05, 4.69) is 11.6 Å². The van der Waals surface area contributed by atoms with Crippen LogP contribution in [0.5, 0.6) is 0 Å². The van der Waals surface area contributed by atoms with Crippen molar-refractivity contribution < 1.29 is 21.6 Å². The zero-order valence-electron chi connectivity index (χ0n) is 19.7. The summed E-state index contributed by atoms with van der Waals surface area (Å²) in [7, 11) is -3.91. The molecule has 1 aromatic carbocycles. The number of alkyl halides is 3. The Morgan fingerprint density at radius 1 is 0.719 bits per heavy atom. The fourth-order valence-electron chi connectivity index (χ4n) is 3.80. The van der Waals surface area contributed by atoms with Gasteiger partial charge in [0.2, 0.25) is 10.0 Å². The molecule has 7 heteroatoms. The van der Waals surface area contributed by atoms with Crippen molar-refractivity contribution in [1.29, 1.82) is 0 Å². The molecule has 1 N–H and O–H groups in total. The van der Waals surface area contributed by atoms with Crippen molar-refractivity contribution >= 4 is 10.0 Å². The Bertz CT molecular complexity index is 705. The lowest BCUT2D eigenvalue weighted by Gasteiger charge is -2.10. The van der Waals surface area contributed by atoms with Crippen LogP contribution in [0.3, 0.4) is 0 Å². The second-order valence-electron chi connectivity index (χ2n) is 8.73. The van der Waals surface area contributed by atoms with Crippen molar-refractivity contribution in [1.82, 2.24) is 4.72 Å². The van der Waals surface area contributed by atoms with Crippen molar-refractivity contribution in [2.45, 2.75) is 121 Å². The van der Waals surface area contributed by atoms with Gasteiger partial charge in [-0.3, -0.25) is 0 Å². The van der Waals surface area contributed by atoms with Gasteiger partial charge < -0.3 is 0 Å². The predicted octanol–water partition coefficient (Wildman–Crippen LogP) is 8.25. The highest BCUT2D eigenvalue weighted by Crippen LogP contribution is 2.30. The van der Waals surface area contributed by atoms with Crippen LogP contribution in [0, 0.1) is 0 Å². The van der Waals surface area contributed by atoms with Crippen LogP contribution in [0.2, 0.25) is 0 Å². The van der Waals surface area contributed by atoms with Gasteiger partial charge in [-0.05, 0) is 24.6 Å². The van der Waals surface area contributed by atoms with E-state index >= 15 is 0 Å². The van der Waals surface area contributed by atoms with Crippen molar-refractivity contribution in [3.63, 3.8) is 0 Å². The Labute approximate surface area is 193 Å². The molecular formula is C25H42F3NO2S. The first kappa shape index (κ1) is 29.0. The molecular weight excluding hydrogens is 435 g/mol. The largest absolute Gasteiger partial charge is 0.416 e. The van der Waals surface area contributed by atoms with Crippen molar-refractivity contribution in [3.8, 4) is 0 Å². The number of unbranched alkanes of at least 4 members (excludes halogenated alkanes) is 15. The maximum absolute atomic E-state index is 12.8. The molecule has 0 atom stereocenters. The molecule has 0 aliphatic carbocycles. The summed E-state index contributed by atoms with van der Waals surface area (Å²) in [5, 5.41) is 0. The number of hydrogen-bond acceptors (Lipinski definition) is 2. The summed E-state index contributed by atoms with van der Waals surface area (Å²) in [6.45, 7) is 2.50. The highest BCUT2D eigenvalue weighted by molar-refractivity contribution is 7.89. The van der Waals surface area contributed by atoms with E-state index in [1.54, 1.807) is 0 Å². The average Bonchev–Trinajstić information content (AvgIpc) is 2.75. The predicted molar refractivity (Wildman–Crippen MR) is 126 cm³/mol. The first-order valence-electron chi connectivity index (χ1n) is 12.4. The molecule has 0 aliphatic heterocycles. The summed E-state index contributed by atoms with van der Waals surface area (Å²) < 4.78 is 65.1. The molecule has 0 bridgehead atoms. The minimum absolute atomic E-state index is 0.247. The molecule has 186 valence electrons. The van der Waals surface area contributed by atoms with E-state index in [0.29, 0.717) is 12.5 Å². The quantitative estimate of drug-likeness (QED) is 0.204. The van der Waals surface area contributed by atoms with E-state index in [1.165, 1.54) is 83.1 Å². The second kappa shape index (κ2) is 16.5. The second-order valence-corrected chi connectivity index (χ2v) is 10.5. The highest BCUT2D eigenvalue weighted by Gasteiger charge is 2.31. The smallest absolute Gasteiger partial charge is 0.211 e. The fraction of sp³-hybridized carbons (Fsp3) is 0.760. The van der Waals surface area contributed by atoms with E-state index in [4.69, 9.17) is 0 Å². The molecule has 3 nitrogen and oxygen atoms in total. The van der Waals surface area contributed by atoms with Crippen LogP contribution < -0.4 is 4.72 Å². The minimum atomic E-state index is -4.56. The van der Waals surface area contributed by atoms with Crippen molar-refractivity contribution in [2.24, 2.45) is 0 Å². The van der Waals surface area contributed by atoms with Crippen LogP contribution in [0.25, 0.3) is 0 Å². The molecule has 0 saturated heterocycles. The van der Waals surface area contributed by atoms with Crippen LogP contribution in [-0.2, 0) is 16.2 Å². The lowest BCUT2D eigenvalue weighted by Crippen LogP contribution is -2.25. The van der Waals surface area contributed by atoms with Gasteiger partial charge in [-0.15, -0.1) is 0 Å². The highest BCUT2D eigenvalue weighted by atomic mass is 32.2. The summed E-state index contributed by atoms with van der Waals surface area (Å²) in [4.78, 5) is -0.344. The molecule has 1 rings (SSSR count). The third-order valence-electron chi connectivity index (χ3n) is 5.79. The first-order valence-corrected chi connectivity index (χ1v) is 13.9. The normalized spacial score (nSPS) is 12.4. The zero-order valence-corrected chi connectivity index (χ0v) is 20.5. The van der Waals surface area contributed by atoms with Gasteiger partial charge in [0.15, 0.2) is 0 Å². The maximum atomic E-state index is 12.8. The average molecular weight is 478 g/mol. The molecule has 1 aromatic rings. The molecule has 0 unspecified atom stereocenters.